The molecule has 0 aliphatic heterocycles. The maximum absolute atomic E-state index is 13.6. The fraction of sp³-hybridized carbons (Fsp3) is 0.0769. The summed E-state index contributed by atoms with van der Waals surface area (Å²) in [5.74, 6) is -4.20. The molecule has 0 radical (unpaired) electrons. The van der Waals surface area contributed by atoms with Crippen LogP contribution < -0.4 is 0 Å². The van der Waals surface area contributed by atoms with Gasteiger partial charge in [0.25, 0.3) is 0 Å². The van der Waals surface area contributed by atoms with Crippen LogP contribution in [0.15, 0.2) is 30.3 Å². The van der Waals surface area contributed by atoms with Crippen molar-refractivity contribution in [2.45, 2.75) is 5.38 Å². The molecule has 2 rings (SSSR count). The topological polar surface area (TPSA) is 0 Å². The predicted molar refractivity (Wildman–Crippen MR) is 65.4 cm³/mol. The molecule has 1 atom stereocenters. The zero-order valence-electron chi connectivity index (χ0n) is 9.23. The fourth-order valence-corrected chi connectivity index (χ4v) is 2.22. The van der Waals surface area contributed by atoms with Gasteiger partial charge in [0, 0.05) is 28.3 Å². The van der Waals surface area contributed by atoms with E-state index in [0.717, 1.165) is 12.1 Å². The number of rotatable bonds is 2. The summed E-state index contributed by atoms with van der Waals surface area (Å²) in [7, 11) is 0. The van der Waals surface area contributed by atoms with Gasteiger partial charge in [-0.25, -0.2) is 17.6 Å². The van der Waals surface area contributed by atoms with E-state index in [-0.39, 0.29) is 10.6 Å². The molecule has 0 aliphatic carbocycles. The molecule has 6 heteroatoms. The molecule has 0 saturated heterocycles. The Balaban J connectivity index is 2.56. The molecule has 0 fully saturated rings. The van der Waals surface area contributed by atoms with Crippen LogP contribution in [0.4, 0.5) is 17.6 Å². The van der Waals surface area contributed by atoms with Crippen molar-refractivity contribution in [3.8, 4) is 0 Å². The van der Waals surface area contributed by atoms with Gasteiger partial charge in [-0.3, -0.25) is 0 Å². The Bertz CT molecular complexity index is 605. The Morgan fingerprint density at radius 2 is 1.42 bits per heavy atom. The summed E-state index contributed by atoms with van der Waals surface area (Å²) in [6.07, 6.45) is 0. The summed E-state index contributed by atoms with van der Waals surface area (Å²) < 4.78 is 53.5. The van der Waals surface area contributed by atoms with E-state index in [2.05, 4.69) is 0 Å². The molecule has 1 unspecified atom stereocenters. The summed E-state index contributed by atoms with van der Waals surface area (Å²) in [5, 5.41) is -1.27. The Labute approximate surface area is 116 Å². The lowest BCUT2D eigenvalue weighted by atomic mass is 10.0. The van der Waals surface area contributed by atoms with Gasteiger partial charge in [0.05, 0.1) is 5.38 Å². The highest BCUT2D eigenvalue weighted by Crippen LogP contribution is 2.35. The molecule has 2 aromatic carbocycles. The minimum Gasteiger partial charge on any atom is -0.207 e. The van der Waals surface area contributed by atoms with Gasteiger partial charge >= 0.3 is 0 Å². The van der Waals surface area contributed by atoms with Crippen molar-refractivity contribution in [3.05, 3.63) is 69.8 Å². The van der Waals surface area contributed by atoms with Crippen LogP contribution in [0, 0.1) is 23.3 Å². The number of hydrogen-bond donors (Lipinski definition) is 0. The van der Waals surface area contributed by atoms with Crippen molar-refractivity contribution < 1.29 is 17.6 Å². The van der Waals surface area contributed by atoms with Gasteiger partial charge < -0.3 is 0 Å². The van der Waals surface area contributed by atoms with Gasteiger partial charge in [-0.15, -0.1) is 11.6 Å². The van der Waals surface area contributed by atoms with Crippen LogP contribution >= 0.6 is 23.2 Å². The Morgan fingerprint density at radius 1 is 0.842 bits per heavy atom. The number of benzene rings is 2. The third kappa shape index (κ3) is 2.85. The molecule has 0 heterocycles. The van der Waals surface area contributed by atoms with Crippen LogP contribution in [0.3, 0.4) is 0 Å². The van der Waals surface area contributed by atoms with Crippen molar-refractivity contribution in [3.63, 3.8) is 0 Å². The van der Waals surface area contributed by atoms with Crippen molar-refractivity contribution in [2.75, 3.05) is 0 Å². The van der Waals surface area contributed by atoms with Crippen molar-refractivity contribution in [1.29, 1.82) is 0 Å². The van der Waals surface area contributed by atoms with Crippen molar-refractivity contribution in [2.24, 2.45) is 0 Å². The average molecular weight is 309 g/mol. The van der Waals surface area contributed by atoms with Crippen LogP contribution in [0.1, 0.15) is 16.5 Å². The minimum absolute atomic E-state index is 0.171. The van der Waals surface area contributed by atoms with Gasteiger partial charge in [0.1, 0.15) is 23.3 Å². The molecule has 0 bridgehead atoms. The van der Waals surface area contributed by atoms with Crippen LogP contribution in [0.2, 0.25) is 5.02 Å². The van der Waals surface area contributed by atoms with E-state index in [1.165, 1.54) is 6.07 Å². The number of halogens is 6. The third-order valence-corrected chi connectivity index (χ3v) is 3.22. The van der Waals surface area contributed by atoms with Gasteiger partial charge in [-0.2, -0.15) is 0 Å². The molecule has 100 valence electrons. The molecule has 0 saturated carbocycles. The van der Waals surface area contributed by atoms with E-state index in [9.17, 15) is 17.6 Å². The fourth-order valence-electron chi connectivity index (χ4n) is 1.66. The largest absolute Gasteiger partial charge is 0.207 e. The Hall–Kier alpha value is -1.26. The zero-order valence-corrected chi connectivity index (χ0v) is 10.7. The second kappa shape index (κ2) is 5.39. The normalized spacial score (nSPS) is 12.5. The smallest absolute Gasteiger partial charge is 0.134 e. The lowest BCUT2D eigenvalue weighted by Crippen LogP contribution is -2.04. The molecule has 0 aromatic heterocycles. The molecule has 2 aromatic rings. The first kappa shape index (κ1) is 14.2. The van der Waals surface area contributed by atoms with E-state index in [4.69, 9.17) is 23.2 Å². The molecule has 0 N–H and O–H groups in total. The van der Waals surface area contributed by atoms with Crippen molar-refractivity contribution in [1.82, 2.24) is 0 Å². The third-order valence-electron chi connectivity index (χ3n) is 2.53. The molecule has 0 nitrogen and oxygen atoms in total. The van der Waals surface area contributed by atoms with E-state index in [1.807, 2.05) is 0 Å². The minimum atomic E-state index is -1.45. The van der Waals surface area contributed by atoms with Gasteiger partial charge in [-0.05, 0) is 18.2 Å². The lowest BCUT2D eigenvalue weighted by molar-refractivity contribution is 0.523. The Kier molecular flexibility index (Phi) is 4.02. The summed E-state index contributed by atoms with van der Waals surface area (Å²) in [6, 6.07) is 4.44. The number of alkyl halides is 1. The Morgan fingerprint density at radius 3 is 2.00 bits per heavy atom. The monoisotopic (exact) mass is 308 g/mol. The van der Waals surface area contributed by atoms with E-state index >= 15 is 0 Å². The van der Waals surface area contributed by atoms with E-state index < -0.39 is 34.2 Å². The van der Waals surface area contributed by atoms with Crippen LogP contribution in [-0.4, -0.2) is 0 Å². The SMILES string of the molecule is Fc1cc(F)c(C(Cl)c2cc(Cl)ccc2F)c(F)c1. The van der Waals surface area contributed by atoms with Gasteiger partial charge in [0.15, 0.2) is 0 Å². The highest BCUT2D eigenvalue weighted by atomic mass is 35.5. The molecular weight excluding hydrogens is 303 g/mol. The predicted octanol–water partition coefficient (Wildman–Crippen LogP) is 5.22. The highest BCUT2D eigenvalue weighted by Gasteiger charge is 2.23. The average Bonchev–Trinajstić information content (AvgIpc) is 2.30. The standard InChI is InChI=1S/C13H6Cl2F4/c14-6-1-2-9(17)8(3-6)13(15)12-10(18)4-7(16)5-11(12)19/h1-5,13H. The van der Waals surface area contributed by atoms with E-state index in [1.54, 1.807) is 0 Å². The van der Waals surface area contributed by atoms with Crippen molar-refractivity contribution >= 4 is 23.2 Å². The summed E-state index contributed by atoms with van der Waals surface area (Å²) >= 11 is 11.6. The highest BCUT2D eigenvalue weighted by molar-refractivity contribution is 6.30. The van der Waals surface area contributed by atoms with Gasteiger partial charge in [-0.1, -0.05) is 11.6 Å². The molecule has 0 spiro atoms. The van der Waals surface area contributed by atoms with E-state index in [0.29, 0.717) is 12.1 Å². The quantitative estimate of drug-likeness (QED) is 0.527. The van der Waals surface area contributed by atoms with Crippen LogP contribution in [0.25, 0.3) is 0 Å². The maximum Gasteiger partial charge on any atom is 0.134 e. The maximum atomic E-state index is 13.6. The summed E-state index contributed by atoms with van der Waals surface area (Å²) in [5.41, 5.74) is -0.803. The zero-order chi connectivity index (χ0) is 14.2. The second-order valence-electron chi connectivity index (χ2n) is 3.81. The second-order valence-corrected chi connectivity index (χ2v) is 4.68. The lowest BCUT2D eigenvalue weighted by Gasteiger charge is -2.13. The van der Waals surface area contributed by atoms with Gasteiger partial charge in [0.2, 0.25) is 0 Å². The molecule has 0 amide bonds. The molecular formula is C13H6Cl2F4. The van der Waals surface area contributed by atoms with Crippen LogP contribution in [-0.2, 0) is 0 Å². The molecule has 0 aliphatic rings. The first-order valence-electron chi connectivity index (χ1n) is 5.13. The summed E-state index contributed by atoms with van der Waals surface area (Å²) in [4.78, 5) is 0. The molecule has 19 heavy (non-hydrogen) atoms. The number of hydrogen-bond acceptors (Lipinski definition) is 0. The summed E-state index contributed by atoms with van der Waals surface area (Å²) in [6.45, 7) is 0. The van der Waals surface area contributed by atoms with Crippen LogP contribution in [0.5, 0.6) is 0 Å². The first-order valence-corrected chi connectivity index (χ1v) is 5.95. The first-order chi connectivity index (χ1) is 8.90.